The van der Waals surface area contributed by atoms with Gasteiger partial charge >= 0.3 is 5.97 Å². The van der Waals surface area contributed by atoms with Crippen molar-refractivity contribution in [3.63, 3.8) is 0 Å². The molecule has 1 rings (SSSR count). The van der Waals surface area contributed by atoms with Gasteiger partial charge in [0, 0.05) is 6.42 Å². The molecule has 0 atom stereocenters. The van der Waals surface area contributed by atoms with Crippen molar-refractivity contribution in [1.29, 1.82) is 0 Å². The summed E-state index contributed by atoms with van der Waals surface area (Å²) in [4.78, 5) is 24.4. The molecule has 2 N–H and O–H groups in total. The number of carboxylic acids is 1. The molecule has 0 radical (unpaired) electrons. The van der Waals surface area contributed by atoms with Crippen molar-refractivity contribution >= 4 is 17.6 Å². The minimum atomic E-state index is -0.815. The number of methoxy groups -OCH3 is 1. The number of hydrogen-bond acceptors (Lipinski definition) is 4. The van der Waals surface area contributed by atoms with E-state index in [0.717, 1.165) is 0 Å². The zero-order valence-corrected chi connectivity index (χ0v) is 12.5. The van der Waals surface area contributed by atoms with Crippen molar-refractivity contribution in [2.75, 3.05) is 32.1 Å². The number of benzene rings is 1. The van der Waals surface area contributed by atoms with Gasteiger partial charge in [-0.05, 0) is 31.6 Å². The third-order valence-electron chi connectivity index (χ3n) is 3.06. The molecule has 0 fully saturated rings. The number of likely N-dealkylation sites (N-methyl/N-ethyl adjacent to an activating group) is 1. The van der Waals surface area contributed by atoms with E-state index in [9.17, 15) is 9.59 Å². The molecule has 6 nitrogen and oxygen atoms in total. The summed E-state index contributed by atoms with van der Waals surface area (Å²) in [6.45, 7) is 3.45. The second-order valence-corrected chi connectivity index (χ2v) is 4.61. The van der Waals surface area contributed by atoms with E-state index >= 15 is 0 Å². The van der Waals surface area contributed by atoms with Crippen molar-refractivity contribution in [1.82, 2.24) is 4.90 Å². The highest BCUT2D eigenvalue weighted by molar-refractivity contribution is 5.93. The Labute approximate surface area is 124 Å². The molecule has 0 aromatic heterocycles. The Morgan fingerprint density at radius 2 is 2.05 bits per heavy atom. The molecular weight excluding hydrogens is 272 g/mol. The highest BCUT2D eigenvalue weighted by atomic mass is 16.5. The number of nitrogens with one attached hydrogen (secondary N) is 1. The van der Waals surface area contributed by atoms with E-state index in [1.165, 1.54) is 0 Å². The molecule has 116 valence electrons. The van der Waals surface area contributed by atoms with E-state index in [1.807, 2.05) is 24.0 Å². The molecule has 0 aliphatic rings. The number of amides is 1. The largest absolute Gasteiger partial charge is 0.495 e. The highest BCUT2D eigenvalue weighted by Gasteiger charge is 2.11. The molecule has 0 aliphatic heterocycles. The van der Waals surface area contributed by atoms with Crippen LogP contribution in [0.15, 0.2) is 24.3 Å². The first-order valence-corrected chi connectivity index (χ1v) is 6.93. The first kappa shape index (κ1) is 17.0. The van der Waals surface area contributed by atoms with Gasteiger partial charge in [0.05, 0.1) is 19.3 Å². The lowest BCUT2D eigenvalue weighted by Crippen LogP contribution is -2.34. The predicted octanol–water partition coefficient (Wildman–Crippen LogP) is 1.82. The monoisotopic (exact) mass is 294 g/mol. The maximum atomic E-state index is 12.0. The summed E-state index contributed by atoms with van der Waals surface area (Å²) >= 11 is 0. The molecule has 0 aliphatic carbocycles. The summed E-state index contributed by atoms with van der Waals surface area (Å²) in [6.07, 6.45) is 0.649. The molecule has 0 bridgehead atoms. The Bertz CT molecular complexity index is 476. The lowest BCUT2D eigenvalue weighted by Gasteiger charge is -2.19. The van der Waals surface area contributed by atoms with Crippen LogP contribution in [0, 0.1) is 0 Å². The number of hydrogen-bond donors (Lipinski definition) is 2. The average Bonchev–Trinajstić information content (AvgIpc) is 2.46. The van der Waals surface area contributed by atoms with E-state index in [2.05, 4.69) is 5.32 Å². The highest BCUT2D eigenvalue weighted by Crippen LogP contribution is 2.22. The zero-order valence-electron chi connectivity index (χ0n) is 12.5. The summed E-state index contributed by atoms with van der Waals surface area (Å²) in [5.74, 6) is -0.346. The summed E-state index contributed by atoms with van der Waals surface area (Å²) in [5, 5.41) is 11.4. The molecular formula is C15H22N2O4. The maximum absolute atomic E-state index is 12.0. The van der Waals surface area contributed by atoms with Gasteiger partial charge in [0.2, 0.25) is 5.91 Å². The fraction of sp³-hybridized carbons (Fsp3) is 0.467. The molecule has 0 saturated carbocycles. The number of aliphatic carboxylic acids is 1. The topological polar surface area (TPSA) is 78.9 Å². The minimum absolute atomic E-state index is 0.116. The fourth-order valence-electron chi connectivity index (χ4n) is 1.94. The molecule has 0 spiro atoms. The van der Waals surface area contributed by atoms with Crippen LogP contribution >= 0.6 is 0 Å². The standard InChI is InChI=1S/C15H22N2O4/c1-3-17(10-6-9-15(19)20)11-14(18)16-12-7-4-5-8-13(12)21-2/h4-5,7-8H,3,6,9-11H2,1-2H3,(H,16,18)(H,19,20). The van der Waals surface area contributed by atoms with Crippen molar-refractivity contribution in [3.05, 3.63) is 24.3 Å². The van der Waals surface area contributed by atoms with E-state index in [1.54, 1.807) is 19.2 Å². The van der Waals surface area contributed by atoms with Crippen molar-refractivity contribution in [2.45, 2.75) is 19.8 Å². The van der Waals surface area contributed by atoms with Gasteiger partial charge < -0.3 is 15.2 Å². The number of carbonyl (C=O) groups is 2. The molecule has 1 aromatic rings. The third kappa shape index (κ3) is 6.27. The molecule has 1 aromatic carbocycles. The number of carboxylic acid groups (broad SMARTS) is 1. The fourth-order valence-corrected chi connectivity index (χ4v) is 1.94. The lowest BCUT2D eigenvalue weighted by molar-refractivity contribution is -0.137. The molecule has 1 amide bonds. The Kier molecular flexibility index (Phi) is 7.25. The summed E-state index contributed by atoms with van der Waals surface area (Å²) < 4.78 is 5.18. The maximum Gasteiger partial charge on any atom is 0.303 e. The molecule has 0 heterocycles. The average molecular weight is 294 g/mol. The number of para-hydroxylation sites is 2. The van der Waals surface area contributed by atoms with Gasteiger partial charge in [-0.3, -0.25) is 14.5 Å². The Balaban J connectivity index is 2.48. The van der Waals surface area contributed by atoms with Crippen LogP contribution in [0.3, 0.4) is 0 Å². The van der Waals surface area contributed by atoms with Crippen molar-refractivity contribution in [3.8, 4) is 5.75 Å². The summed E-state index contributed by atoms with van der Waals surface area (Å²) in [5.41, 5.74) is 0.631. The van der Waals surface area contributed by atoms with Gasteiger partial charge in [0.15, 0.2) is 0 Å². The Morgan fingerprint density at radius 1 is 1.33 bits per heavy atom. The Hall–Kier alpha value is -2.08. The summed E-state index contributed by atoms with van der Waals surface area (Å²) in [6, 6.07) is 7.21. The van der Waals surface area contributed by atoms with E-state index in [4.69, 9.17) is 9.84 Å². The SMILES string of the molecule is CCN(CCCC(=O)O)CC(=O)Nc1ccccc1OC. The van der Waals surface area contributed by atoms with E-state index in [-0.39, 0.29) is 18.9 Å². The van der Waals surface area contributed by atoms with Crippen molar-refractivity contribution < 1.29 is 19.4 Å². The second-order valence-electron chi connectivity index (χ2n) is 4.61. The number of ether oxygens (including phenoxy) is 1. The molecule has 6 heteroatoms. The minimum Gasteiger partial charge on any atom is -0.495 e. The van der Waals surface area contributed by atoms with E-state index < -0.39 is 5.97 Å². The first-order valence-electron chi connectivity index (χ1n) is 6.93. The molecule has 0 saturated heterocycles. The quantitative estimate of drug-likeness (QED) is 0.726. The van der Waals surface area contributed by atoms with E-state index in [0.29, 0.717) is 30.9 Å². The number of rotatable bonds is 9. The number of nitrogens with zero attached hydrogens (tertiary/aromatic N) is 1. The number of anilines is 1. The van der Waals surface area contributed by atoms with Crippen molar-refractivity contribution in [2.24, 2.45) is 0 Å². The lowest BCUT2D eigenvalue weighted by atomic mass is 10.2. The van der Waals surface area contributed by atoms with Crippen LogP contribution in [-0.4, -0.2) is 48.6 Å². The van der Waals surface area contributed by atoms with Crippen LogP contribution in [0.4, 0.5) is 5.69 Å². The third-order valence-corrected chi connectivity index (χ3v) is 3.06. The molecule has 21 heavy (non-hydrogen) atoms. The van der Waals surface area contributed by atoms with Crippen LogP contribution < -0.4 is 10.1 Å². The normalized spacial score (nSPS) is 10.4. The van der Waals surface area contributed by atoms with Crippen LogP contribution in [-0.2, 0) is 9.59 Å². The van der Waals surface area contributed by atoms with Crippen LogP contribution in [0.2, 0.25) is 0 Å². The van der Waals surface area contributed by atoms with Gasteiger partial charge in [-0.15, -0.1) is 0 Å². The number of carbonyl (C=O) groups excluding carboxylic acids is 1. The summed E-state index contributed by atoms with van der Waals surface area (Å²) in [7, 11) is 1.55. The van der Waals surface area contributed by atoms with Gasteiger partial charge in [0.1, 0.15) is 5.75 Å². The molecule has 0 unspecified atom stereocenters. The van der Waals surface area contributed by atoms with Crippen LogP contribution in [0.1, 0.15) is 19.8 Å². The van der Waals surface area contributed by atoms with Crippen LogP contribution in [0.5, 0.6) is 5.75 Å². The van der Waals surface area contributed by atoms with Crippen LogP contribution in [0.25, 0.3) is 0 Å². The van der Waals surface area contributed by atoms with Gasteiger partial charge in [-0.25, -0.2) is 0 Å². The zero-order chi connectivity index (χ0) is 15.7. The van der Waals surface area contributed by atoms with Gasteiger partial charge in [-0.2, -0.15) is 0 Å². The van der Waals surface area contributed by atoms with Gasteiger partial charge in [0.25, 0.3) is 0 Å². The second kappa shape index (κ2) is 8.97. The smallest absolute Gasteiger partial charge is 0.303 e. The first-order chi connectivity index (χ1) is 10.1. The van der Waals surface area contributed by atoms with Gasteiger partial charge in [-0.1, -0.05) is 19.1 Å². The Morgan fingerprint density at radius 3 is 2.67 bits per heavy atom. The predicted molar refractivity (Wildman–Crippen MR) is 80.6 cm³/mol.